The van der Waals surface area contributed by atoms with E-state index in [-0.39, 0.29) is 12.4 Å². The first-order chi connectivity index (χ1) is 8.61. The van der Waals surface area contributed by atoms with Gasteiger partial charge in [-0.05, 0) is 36.5 Å². The third kappa shape index (κ3) is 2.54. The lowest BCUT2D eigenvalue weighted by Crippen LogP contribution is -2.03. The second-order valence-electron chi connectivity index (χ2n) is 3.31. The summed E-state index contributed by atoms with van der Waals surface area (Å²) in [5.41, 5.74) is 0.597. The molecule has 1 aromatic carbocycles. The molecule has 0 bridgehead atoms. The molecular formula is C10H9F2N3O2S. The van der Waals surface area contributed by atoms with Crippen LogP contribution in [0.25, 0.3) is 5.69 Å². The molecular weight excluding hydrogens is 264 g/mol. The van der Waals surface area contributed by atoms with Crippen molar-refractivity contribution in [2.45, 2.75) is 13.2 Å². The van der Waals surface area contributed by atoms with Gasteiger partial charge in [-0.3, -0.25) is 9.67 Å². The first kappa shape index (κ1) is 12.7. The highest BCUT2D eigenvalue weighted by Gasteiger charge is 2.08. The van der Waals surface area contributed by atoms with Gasteiger partial charge in [0.2, 0.25) is 0 Å². The average molecular weight is 273 g/mol. The van der Waals surface area contributed by atoms with E-state index >= 15 is 0 Å². The van der Waals surface area contributed by atoms with Gasteiger partial charge in [0.1, 0.15) is 12.4 Å². The fourth-order valence-electron chi connectivity index (χ4n) is 1.48. The minimum Gasteiger partial charge on any atom is -0.435 e. The van der Waals surface area contributed by atoms with Crippen molar-refractivity contribution in [2.75, 3.05) is 0 Å². The number of hydrogen-bond donors (Lipinski definition) is 2. The number of aliphatic hydroxyl groups excluding tert-OH is 1. The molecule has 5 nitrogen and oxygen atoms in total. The number of ether oxygens (including phenoxy) is 1. The molecule has 0 aliphatic carbocycles. The average Bonchev–Trinajstić information content (AvgIpc) is 2.71. The quantitative estimate of drug-likeness (QED) is 0.837. The van der Waals surface area contributed by atoms with E-state index < -0.39 is 6.61 Å². The van der Waals surface area contributed by atoms with Crippen molar-refractivity contribution in [2.24, 2.45) is 0 Å². The first-order valence-electron chi connectivity index (χ1n) is 4.94. The first-order valence-corrected chi connectivity index (χ1v) is 5.35. The van der Waals surface area contributed by atoms with Gasteiger partial charge in [-0.15, -0.1) is 0 Å². The van der Waals surface area contributed by atoms with Gasteiger partial charge in [0.15, 0.2) is 10.6 Å². The highest BCUT2D eigenvalue weighted by Crippen LogP contribution is 2.18. The number of benzene rings is 1. The molecule has 8 heteroatoms. The Morgan fingerprint density at radius 1 is 1.39 bits per heavy atom. The summed E-state index contributed by atoms with van der Waals surface area (Å²) in [4.78, 5) is 0. The Morgan fingerprint density at radius 3 is 2.61 bits per heavy atom. The smallest absolute Gasteiger partial charge is 0.387 e. The molecule has 0 aliphatic rings. The minimum atomic E-state index is -2.86. The van der Waals surface area contributed by atoms with Crippen LogP contribution in [0.2, 0.25) is 0 Å². The van der Waals surface area contributed by atoms with E-state index in [9.17, 15) is 8.78 Å². The number of hydrogen-bond acceptors (Lipinski definition) is 4. The zero-order chi connectivity index (χ0) is 13.1. The lowest BCUT2D eigenvalue weighted by molar-refractivity contribution is -0.0498. The number of rotatable bonds is 4. The van der Waals surface area contributed by atoms with Gasteiger partial charge in [-0.2, -0.15) is 13.9 Å². The van der Waals surface area contributed by atoms with Crippen LogP contribution in [0.3, 0.4) is 0 Å². The van der Waals surface area contributed by atoms with E-state index in [0.717, 1.165) is 0 Å². The molecule has 18 heavy (non-hydrogen) atoms. The Hall–Kier alpha value is -1.80. The van der Waals surface area contributed by atoms with Crippen LogP contribution in [0.4, 0.5) is 8.78 Å². The second-order valence-corrected chi connectivity index (χ2v) is 3.70. The van der Waals surface area contributed by atoms with Gasteiger partial charge in [0.05, 0.1) is 0 Å². The lowest BCUT2D eigenvalue weighted by Gasteiger charge is -2.07. The lowest BCUT2D eigenvalue weighted by atomic mass is 10.3. The van der Waals surface area contributed by atoms with Crippen LogP contribution in [0.15, 0.2) is 24.3 Å². The van der Waals surface area contributed by atoms with E-state index in [2.05, 4.69) is 14.9 Å². The number of H-pyrrole nitrogens is 1. The summed E-state index contributed by atoms with van der Waals surface area (Å²) < 4.78 is 30.0. The van der Waals surface area contributed by atoms with Gasteiger partial charge in [0, 0.05) is 5.69 Å². The Kier molecular flexibility index (Phi) is 3.68. The van der Waals surface area contributed by atoms with E-state index in [1.807, 2.05) is 0 Å². The van der Waals surface area contributed by atoms with Crippen molar-refractivity contribution in [1.82, 2.24) is 14.8 Å². The maximum Gasteiger partial charge on any atom is 0.387 e. The molecule has 96 valence electrons. The summed E-state index contributed by atoms with van der Waals surface area (Å²) >= 11 is 5.01. The summed E-state index contributed by atoms with van der Waals surface area (Å²) in [6, 6.07) is 5.86. The molecule has 2 aromatic rings. The fourth-order valence-corrected chi connectivity index (χ4v) is 1.73. The third-order valence-corrected chi connectivity index (χ3v) is 2.48. The topological polar surface area (TPSA) is 63.1 Å². The third-order valence-electron chi connectivity index (χ3n) is 2.20. The van der Waals surface area contributed by atoms with Crippen molar-refractivity contribution in [3.8, 4) is 11.4 Å². The highest BCUT2D eigenvalue weighted by molar-refractivity contribution is 7.71. The largest absolute Gasteiger partial charge is 0.435 e. The van der Waals surface area contributed by atoms with E-state index in [4.69, 9.17) is 17.3 Å². The van der Waals surface area contributed by atoms with Gasteiger partial charge >= 0.3 is 6.61 Å². The normalized spacial score (nSPS) is 10.9. The molecule has 2 rings (SSSR count). The zero-order valence-electron chi connectivity index (χ0n) is 9.01. The molecule has 0 unspecified atom stereocenters. The summed E-state index contributed by atoms with van der Waals surface area (Å²) in [7, 11) is 0. The molecule has 0 saturated heterocycles. The van der Waals surface area contributed by atoms with Crippen LogP contribution in [0.1, 0.15) is 5.82 Å². The number of nitrogens with zero attached hydrogens (tertiary/aromatic N) is 2. The molecule has 0 aliphatic heterocycles. The van der Waals surface area contributed by atoms with Crippen molar-refractivity contribution in [3.05, 3.63) is 34.9 Å². The van der Waals surface area contributed by atoms with Crippen LogP contribution in [-0.2, 0) is 6.61 Å². The molecule has 0 atom stereocenters. The number of aromatic amines is 1. The van der Waals surface area contributed by atoms with Crippen LogP contribution in [0, 0.1) is 4.77 Å². The van der Waals surface area contributed by atoms with Crippen molar-refractivity contribution < 1.29 is 18.6 Å². The predicted molar refractivity (Wildman–Crippen MR) is 61.3 cm³/mol. The van der Waals surface area contributed by atoms with E-state index in [1.54, 1.807) is 12.1 Å². The summed E-state index contributed by atoms with van der Waals surface area (Å²) in [5.74, 6) is 0.386. The summed E-state index contributed by atoms with van der Waals surface area (Å²) in [6.07, 6.45) is 0. The number of aliphatic hydroxyl groups is 1. The summed E-state index contributed by atoms with van der Waals surface area (Å²) in [6.45, 7) is -3.15. The SMILES string of the molecule is OCc1n[nH]c(=S)n1-c1ccc(OC(F)F)cc1. The van der Waals surface area contributed by atoms with Gasteiger partial charge in [-0.1, -0.05) is 0 Å². The van der Waals surface area contributed by atoms with E-state index in [1.165, 1.54) is 16.7 Å². The molecule has 1 aromatic heterocycles. The zero-order valence-corrected chi connectivity index (χ0v) is 9.82. The van der Waals surface area contributed by atoms with Crippen LogP contribution in [-0.4, -0.2) is 26.5 Å². The predicted octanol–water partition coefficient (Wildman–Crippen LogP) is 2.02. The number of nitrogens with one attached hydrogen (secondary N) is 1. The maximum atomic E-state index is 12.0. The standard InChI is InChI=1S/C10H9F2N3O2S/c11-9(12)17-7-3-1-6(2-4-7)15-8(5-16)13-14-10(15)18/h1-4,9,16H,5H2,(H,14,18). The Balaban J connectivity index is 2.34. The minimum absolute atomic E-state index is 0.0503. The summed E-state index contributed by atoms with van der Waals surface area (Å²) in [5, 5.41) is 15.5. The maximum absolute atomic E-state index is 12.0. The highest BCUT2D eigenvalue weighted by atomic mass is 32.1. The molecule has 0 spiro atoms. The molecule has 0 fully saturated rings. The van der Waals surface area contributed by atoms with Crippen LogP contribution >= 0.6 is 12.2 Å². The van der Waals surface area contributed by atoms with Gasteiger partial charge in [0.25, 0.3) is 0 Å². The van der Waals surface area contributed by atoms with Crippen molar-refractivity contribution in [1.29, 1.82) is 0 Å². The fraction of sp³-hybridized carbons (Fsp3) is 0.200. The van der Waals surface area contributed by atoms with Crippen molar-refractivity contribution in [3.63, 3.8) is 0 Å². The van der Waals surface area contributed by atoms with Gasteiger partial charge < -0.3 is 9.84 Å². The molecule has 0 radical (unpaired) electrons. The van der Waals surface area contributed by atoms with Gasteiger partial charge in [-0.25, -0.2) is 0 Å². The Bertz CT molecular complexity index is 580. The molecule has 0 saturated carbocycles. The molecule has 2 N–H and O–H groups in total. The number of halogens is 2. The van der Waals surface area contributed by atoms with E-state index in [0.29, 0.717) is 16.3 Å². The Morgan fingerprint density at radius 2 is 2.06 bits per heavy atom. The molecule has 0 amide bonds. The van der Waals surface area contributed by atoms with Crippen LogP contribution < -0.4 is 4.74 Å². The van der Waals surface area contributed by atoms with Crippen LogP contribution in [0.5, 0.6) is 5.75 Å². The monoisotopic (exact) mass is 273 g/mol. The number of alkyl halides is 2. The number of aromatic nitrogens is 3. The van der Waals surface area contributed by atoms with Crippen molar-refractivity contribution >= 4 is 12.2 Å². The Labute approximate surface area is 106 Å². The molecule has 1 heterocycles. The second kappa shape index (κ2) is 5.23.